The van der Waals surface area contributed by atoms with Crippen LogP contribution >= 0.6 is 11.6 Å². The van der Waals surface area contributed by atoms with Crippen molar-refractivity contribution in [2.45, 2.75) is 12.8 Å². The molecule has 4 nitrogen and oxygen atoms in total. The summed E-state index contributed by atoms with van der Waals surface area (Å²) in [6.45, 7) is 0. The summed E-state index contributed by atoms with van der Waals surface area (Å²) < 4.78 is 1.50. The minimum absolute atomic E-state index is 0.0133. The number of aromatic nitrogens is 3. The number of ketones is 1. The van der Waals surface area contributed by atoms with Gasteiger partial charge in [0.2, 0.25) is 0 Å². The molecule has 0 unspecified atom stereocenters. The summed E-state index contributed by atoms with van der Waals surface area (Å²) >= 11 is 5.90. The van der Waals surface area contributed by atoms with E-state index in [1.807, 2.05) is 18.2 Å². The molecule has 17 heavy (non-hydrogen) atoms. The predicted octanol–water partition coefficient (Wildman–Crippen LogP) is 2.28. The van der Waals surface area contributed by atoms with Gasteiger partial charge in [0.1, 0.15) is 5.69 Å². The van der Waals surface area contributed by atoms with Crippen molar-refractivity contribution < 1.29 is 4.79 Å². The van der Waals surface area contributed by atoms with Crippen LogP contribution in [0.3, 0.4) is 0 Å². The van der Waals surface area contributed by atoms with E-state index in [2.05, 4.69) is 10.1 Å². The molecule has 0 radical (unpaired) electrons. The Morgan fingerprint density at radius 1 is 1.47 bits per heavy atom. The van der Waals surface area contributed by atoms with Crippen LogP contribution in [0.4, 0.5) is 0 Å². The maximum Gasteiger partial charge on any atom is 0.182 e. The van der Waals surface area contributed by atoms with Crippen molar-refractivity contribution in [1.82, 2.24) is 14.8 Å². The largest absolute Gasteiger partial charge is 0.292 e. The minimum atomic E-state index is -0.0133. The molecule has 2 heterocycles. The fourth-order valence-corrected chi connectivity index (χ4v) is 1.90. The van der Waals surface area contributed by atoms with E-state index >= 15 is 0 Å². The quantitative estimate of drug-likeness (QED) is 0.781. The minimum Gasteiger partial charge on any atom is -0.292 e. The maximum atomic E-state index is 11.9. The van der Waals surface area contributed by atoms with Gasteiger partial charge in [0.25, 0.3) is 0 Å². The number of rotatable bonds is 4. The highest BCUT2D eigenvalue weighted by Gasteiger charge is 2.15. The lowest BCUT2D eigenvalue weighted by Gasteiger charge is -2.02. The van der Waals surface area contributed by atoms with Gasteiger partial charge in [-0.25, -0.2) is 0 Å². The highest BCUT2D eigenvalue weighted by molar-refractivity contribution is 6.33. The van der Waals surface area contributed by atoms with E-state index in [1.54, 1.807) is 13.2 Å². The van der Waals surface area contributed by atoms with Gasteiger partial charge in [0.05, 0.1) is 11.2 Å². The Labute approximate surface area is 104 Å². The van der Waals surface area contributed by atoms with Crippen molar-refractivity contribution in [3.63, 3.8) is 0 Å². The molecule has 0 spiro atoms. The van der Waals surface area contributed by atoms with Crippen LogP contribution < -0.4 is 0 Å². The lowest BCUT2D eigenvalue weighted by Crippen LogP contribution is -2.08. The first-order valence-electron chi connectivity index (χ1n) is 5.29. The second-order valence-electron chi connectivity index (χ2n) is 3.71. The van der Waals surface area contributed by atoms with E-state index in [1.165, 1.54) is 10.9 Å². The van der Waals surface area contributed by atoms with Gasteiger partial charge in [-0.1, -0.05) is 17.7 Å². The molecule has 0 fully saturated rings. The first-order chi connectivity index (χ1) is 8.18. The van der Waals surface area contributed by atoms with Gasteiger partial charge >= 0.3 is 0 Å². The zero-order chi connectivity index (χ0) is 12.3. The van der Waals surface area contributed by atoms with Crippen LogP contribution in [0.5, 0.6) is 0 Å². The van der Waals surface area contributed by atoms with Crippen molar-refractivity contribution in [1.29, 1.82) is 0 Å². The van der Waals surface area contributed by atoms with Crippen molar-refractivity contribution in [2.24, 2.45) is 7.05 Å². The van der Waals surface area contributed by atoms with Crippen LogP contribution in [-0.2, 0) is 13.5 Å². The van der Waals surface area contributed by atoms with E-state index in [4.69, 9.17) is 11.6 Å². The van der Waals surface area contributed by atoms with Crippen molar-refractivity contribution in [3.8, 4) is 0 Å². The number of carbonyl (C=O) groups excluding carboxylic acids is 1. The summed E-state index contributed by atoms with van der Waals surface area (Å²) in [5, 5.41) is 4.34. The molecule has 2 aromatic heterocycles. The van der Waals surface area contributed by atoms with E-state index < -0.39 is 0 Å². The first-order valence-corrected chi connectivity index (χ1v) is 5.67. The molecule has 0 amide bonds. The summed E-state index contributed by atoms with van der Waals surface area (Å²) in [5.74, 6) is -0.0133. The Balaban J connectivity index is 2.04. The summed E-state index contributed by atoms with van der Waals surface area (Å²) in [6.07, 6.45) is 4.20. The van der Waals surface area contributed by atoms with Crippen LogP contribution in [0.1, 0.15) is 22.6 Å². The number of carbonyl (C=O) groups is 1. The Hall–Kier alpha value is -1.68. The Morgan fingerprint density at radius 3 is 2.88 bits per heavy atom. The number of aryl methyl sites for hydroxylation is 2. The summed E-state index contributed by atoms with van der Waals surface area (Å²) in [7, 11) is 1.71. The monoisotopic (exact) mass is 249 g/mol. The number of nitrogens with zero attached hydrogens (tertiary/aromatic N) is 3. The zero-order valence-electron chi connectivity index (χ0n) is 9.43. The number of pyridine rings is 1. The smallest absolute Gasteiger partial charge is 0.182 e. The lowest BCUT2D eigenvalue weighted by atomic mass is 10.1. The van der Waals surface area contributed by atoms with Crippen LogP contribution in [0, 0.1) is 0 Å². The molecule has 88 valence electrons. The molecule has 0 saturated heterocycles. The second kappa shape index (κ2) is 5.10. The Kier molecular flexibility index (Phi) is 3.54. The standard InChI is InChI=1S/C12H12ClN3O/c1-16-12(10(13)8-15-16)11(17)6-5-9-4-2-3-7-14-9/h2-4,7-8H,5-6H2,1H3. The molecule has 5 heteroatoms. The van der Waals surface area contributed by atoms with Gasteiger partial charge in [0.15, 0.2) is 5.78 Å². The molecule has 0 aliphatic rings. The van der Waals surface area contributed by atoms with Crippen LogP contribution in [0.2, 0.25) is 5.02 Å². The molecule has 2 rings (SSSR count). The van der Waals surface area contributed by atoms with Gasteiger partial charge in [-0.05, 0) is 18.6 Å². The number of halogens is 1. The van der Waals surface area contributed by atoms with Crippen molar-refractivity contribution in [3.05, 3.63) is 47.0 Å². The SMILES string of the molecule is Cn1ncc(Cl)c1C(=O)CCc1ccccn1. The van der Waals surface area contributed by atoms with E-state index in [-0.39, 0.29) is 5.78 Å². The molecule has 0 aromatic carbocycles. The Bertz CT molecular complexity index is 502. The molecule has 0 aliphatic heterocycles. The van der Waals surface area contributed by atoms with Crippen LogP contribution in [0.25, 0.3) is 0 Å². The maximum absolute atomic E-state index is 11.9. The van der Waals surface area contributed by atoms with E-state index in [0.717, 1.165) is 5.69 Å². The summed E-state index contributed by atoms with van der Waals surface area (Å²) in [5.41, 5.74) is 1.36. The number of hydrogen-bond donors (Lipinski definition) is 0. The topological polar surface area (TPSA) is 47.8 Å². The second-order valence-corrected chi connectivity index (χ2v) is 4.12. The molecular weight excluding hydrogens is 238 g/mol. The van der Waals surface area contributed by atoms with E-state index in [0.29, 0.717) is 23.6 Å². The average molecular weight is 250 g/mol. The highest BCUT2D eigenvalue weighted by Crippen LogP contribution is 2.16. The van der Waals surface area contributed by atoms with Gasteiger partial charge in [-0.2, -0.15) is 5.10 Å². The van der Waals surface area contributed by atoms with Crippen LogP contribution in [-0.4, -0.2) is 20.5 Å². The van der Waals surface area contributed by atoms with Crippen LogP contribution in [0.15, 0.2) is 30.6 Å². The molecule has 0 aliphatic carbocycles. The molecule has 0 atom stereocenters. The molecule has 2 aromatic rings. The zero-order valence-corrected chi connectivity index (χ0v) is 10.2. The lowest BCUT2D eigenvalue weighted by molar-refractivity contribution is 0.0973. The predicted molar refractivity (Wildman–Crippen MR) is 65.1 cm³/mol. The third-order valence-corrected chi connectivity index (χ3v) is 2.77. The number of hydrogen-bond acceptors (Lipinski definition) is 3. The molecule has 0 saturated carbocycles. The fraction of sp³-hybridized carbons (Fsp3) is 0.250. The van der Waals surface area contributed by atoms with Gasteiger partial charge in [-0.15, -0.1) is 0 Å². The Morgan fingerprint density at radius 2 is 2.29 bits per heavy atom. The third-order valence-electron chi connectivity index (χ3n) is 2.49. The van der Waals surface area contributed by atoms with Crippen molar-refractivity contribution in [2.75, 3.05) is 0 Å². The third kappa shape index (κ3) is 2.71. The van der Waals surface area contributed by atoms with Gasteiger partial charge in [0, 0.05) is 25.4 Å². The summed E-state index contributed by atoms with van der Waals surface area (Å²) in [4.78, 5) is 16.1. The molecule has 0 N–H and O–H groups in total. The van der Waals surface area contributed by atoms with Gasteiger partial charge in [-0.3, -0.25) is 14.5 Å². The highest BCUT2D eigenvalue weighted by atomic mass is 35.5. The average Bonchev–Trinajstić information content (AvgIpc) is 2.67. The molecular formula is C12H12ClN3O. The summed E-state index contributed by atoms with van der Waals surface area (Å²) in [6, 6.07) is 5.66. The van der Waals surface area contributed by atoms with E-state index in [9.17, 15) is 4.79 Å². The normalized spacial score (nSPS) is 10.5. The van der Waals surface area contributed by atoms with Gasteiger partial charge < -0.3 is 0 Å². The number of Topliss-reactive ketones (excluding diaryl/α,β-unsaturated/α-hetero) is 1. The first kappa shape index (κ1) is 11.8. The molecule has 0 bridgehead atoms. The fourth-order valence-electron chi connectivity index (χ4n) is 1.63. The van der Waals surface area contributed by atoms with Crippen molar-refractivity contribution >= 4 is 17.4 Å².